The van der Waals surface area contributed by atoms with Crippen molar-refractivity contribution < 1.29 is 14.3 Å². The number of amides is 1. The molecular weight excluding hydrogens is 360 g/mol. The number of carbonyl (C=O) groups is 1. The molecule has 0 aliphatic carbocycles. The van der Waals surface area contributed by atoms with E-state index < -0.39 is 0 Å². The molecule has 2 heterocycles. The molecule has 0 atom stereocenters. The van der Waals surface area contributed by atoms with Gasteiger partial charge in [0, 0.05) is 23.9 Å². The number of aromatic nitrogens is 3. The van der Waals surface area contributed by atoms with E-state index in [1.807, 2.05) is 17.5 Å². The number of benzene rings is 1. The number of methoxy groups -OCH3 is 2. The third-order valence-electron chi connectivity index (χ3n) is 3.44. The van der Waals surface area contributed by atoms with Crippen LogP contribution in [0.3, 0.4) is 0 Å². The second-order valence-corrected chi connectivity index (χ2v) is 6.40. The molecule has 130 valence electrons. The topological polar surface area (TPSA) is 81.2 Å². The highest BCUT2D eigenvalue weighted by molar-refractivity contribution is 7.71. The Morgan fingerprint density at radius 2 is 2.04 bits per heavy atom. The van der Waals surface area contributed by atoms with E-state index in [9.17, 15) is 4.79 Å². The van der Waals surface area contributed by atoms with E-state index >= 15 is 0 Å². The molecule has 2 N–H and O–H groups in total. The highest BCUT2D eigenvalue weighted by Gasteiger charge is 2.14. The van der Waals surface area contributed by atoms with Crippen LogP contribution in [0.25, 0.3) is 10.7 Å². The van der Waals surface area contributed by atoms with Gasteiger partial charge in [-0.1, -0.05) is 6.07 Å². The van der Waals surface area contributed by atoms with E-state index in [1.54, 1.807) is 37.0 Å². The Hall–Kier alpha value is -2.65. The highest BCUT2D eigenvalue weighted by Crippen LogP contribution is 2.26. The average Bonchev–Trinajstić information content (AvgIpc) is 3.25. The number of hydrogen-bond acceptors (Lipinski definition) is 6. The standard InChI is InChI=1S/C16H16N4O3S2/c1-22-11-6-10(7-12(8-11)23-2)17-14(21)9-20-15(18-19-16(20)24)13-4-3-5-25-13/h3-8H,9H2,1-2H3,(H,17,21)(H,19,24). The zero-order valence-electron chi connectivity index (χ0n) is 13.6. The predicted molar refractivity (Wildman–Crippen MR) is 98.9 cm³/mol. The normalized spacial score (nSPS) is 10.5. The van der Waals surface area contributed by atoms with Crippen LogP contribution in [0.2, 0.25) is 0 Å². The monoisotopic (exact) mass is 376 g/mol. The maximum absolute atomic E-state index is 12.5. The lowest BCUT2D eigenvalue weighted by atomic mass is 10.2. The first-order valence-corrected chi connectivity index (χ1v) is 8.61. The summed E-state index contributed by atoms with van der Waals surface area (Å²) >= 11 is 6.77. The molecule has 3 rings (SSSR count). The molecular formula is C16H16N4O3S2. The summed E-state index contributed by atoms with van der Waals surface area (Å²) in [6.45, 7) is 0.0437. The van der Waals surface area contributed by atoms with Crippen molar-refractivity contribution in [3.05, 3.63) is 40.5 Å². The number of anilines is 1. The summed E-state index contributed by atoms with van der Waals surface area (Å²) in [7, 11) is 3.11. The number of thiophene rings is 1. The van der Waals surface area contributed by atoms with Gasteiger partial charge in [-0.25, -0.2) is 0 Å². The van der Waals surface area contributed by atoms with Gasteiger partial charge in [-0.3, -0.25) is 14.5 Å². The van der Waals surface area contributed by atoms with Crippen LogP contribution in [0.1, 0.15) is 0 Å². The molecule has 25 heavy (non-hydrogen) atoms. The van der Waals surface area contributed by atoms with Gasteiger partial charge in [-0.15, -0.1) is 11.3 Å². The maximum Gasteiger partial charge on any atom is 0.244 e. The third-order valence-corrected chi connectivity index (χ3v) is 4.61. The van der Waals surface area contributed by atoms with Crippen LogP contribution in [0, 0.1) is 4.77 Å². The molecule has 1 aromatic carbocycles. The van der Waals surface area contributed by atoms with Crippen molar-refractivity contribution in [2.45, 2.75) is 6.54 Å². The van der Waals surface area contributed by atoms with Crippen molar-refractivity contribution in [2.75, 3.05) is 19.5 Å². The number of aromatic amines is 1. The van der Waals surface area contributed by atoms with Gasteiger partial charge in [0.15, 0.2) is 10.6 Å². The molecule has 0 saturated carbocycles. The van der Waals surface area contributed by atoms with Crippen molar-refractivity contribution in [2.24, 2.45) is 0 Å². The van der Waals surface area contributed by atoms with E-state index in [-0.39, 0.29) is 12.5 Å². The van der Waals surface area contributed by atoms with E-state index in [4.69, 9.17) is 21.7 Å². The number of carbonyl (C=O) groups excluding carboxylic acids is 1. The van der Waals surface area contributed by atoms with Gasteiger partial charge in [0.2, 0.25) is 5.91 Å². The second kappa shape index (κ2) is 7.49. The highest BCUT2D eigenvalue weighted by atomic mass is 32.1. The predicted octanol–water partition coefficient (Wildman–Crippen LogP) is 3.33. The van der Waals surface area contributed by atoms with Gasteiger partial charge in [0.05, 0.1) is 19.1 Å². The summed E-state index contributed by atoms with van der Waals surface area (Å²) in [5.41, 5.74) is 0.578. The molecule has 0 radical (unpaired) electrons. The van der Waals surface area contributed by atoms with Gasteiger partial charge in [0.1, 0.15) is 18.0 Å². The molecule has 9 heteroatoms. The van der Waals surface area contributed by atoms with Crippen LogP contribution < -0.4 is 14.8 Å². The second-order valence-electron chi connectivity index (χ2n) is 5.07. The molecule has 2 aromatic heterocycles. The molecule has 1 amide bonds. The smallest absolute Gasteiger partial charge is 0.244 e. The lowest BCUT2D eigenvalue weighted by Gasteiger charge is -2.10. The number of nitrogens with one attached hydrogen (secondary N) is 2. The zero-order chi connectivity index (χ0) is 17.8. The van der Waals surface area contributed by atoms with Crippen molar-refractivity contribution >= 4 is 35.1 Å². The van der Waals surface area contributed by atoms with E-state index in [1.165, 1.54) is 11.3 Å². The zero-order valence-corrected chi connectivity index (χ0v) is 15.2. The molecule has 0 saturated heterocycles. The minimum Gasteiger partial charge on any atom is -0.497 e. The van der Waals surface area contributed by atoms with E-state index in [0.717, 1.165) is 4.88 Å². The molecule has 0 bridgehead atoms. The summed E-state index contributed by atoms with van der Waals surface area (Å²) in [6.07, 6.45) is 0. The fraction of sp³-hybridized carbons (Fsp3) is 0.188. The van der Waals surface area contributed by atoms with Gasteiger partial charge < -0.3 is 14.8 Å². The Balaban J connectivity index is 1.80. The van der Waals surface area contributed by atoms with Crippen molar-refractivity contribution in [1.29, 1.82) is 0 Å². The average molecular weight is 376 g/mol. The largest absolute Gasteiger partial charge is 0.497 e. The number of rotatable bonds is 6. The Morgan fingerprint density at radius 1 is 1.32 bits per heavy atom. The Kier molecular flexibility index (Phi) is 5.15. The van der Waals surface area contributed by atoms with Gasteiger partial charge in [-0.2, -0.15) is 5.10 Å². The minimum absolute atomic E-state index is 0.0437. The van der Waals surface area contributed by atoms with Gasteiger partial charge in [-0.05, 0) is 23.7 Å². The summed E-state index contributed by atoms with van der Waals surface area (Å²) in [6, 6.07) is 9.02. The summed E-state index contributed by atoms with van der Waals surface area (Å²) in [4.78, 5) is 13.4. The molecule has 0 aliphatic heterocycles. The van der Waals surface area contributed by atoms with Gasteiger partial charge in [0.25, 0.3) is 0 Å². The summed E-state index contributed by atoms with van der Waals surface area (Å²) in [5.74, 6) is 1.59. The molecule has 3 aromatic rings. The molecule has 0 spiro atoms. The van der Waals surface area contributed by atoms with Crippen LogP contribution in [-0.4, -0.2) is 34.9 Å². The van der Waals surface area contributed by atoms with Crippen molar-refractivity contribution in [3.63, 3.8) is 0 Å². The molecule has 0 unspecified atom stereocenters. The first kappa shape index (κ1) is 17.2. The van der Waals surface area contributed by atoms with E-state index in [2.05, 4.69) is 15.5 Å². The van der Waals surface area contributed by atoms with E-state index in [0.29, 0.717) is 27.8 Å². The third kappa shape index (κ3) is 3.89. The van der Waals surface area contributed by atoms with Crippen molar-refractivity contribution in [3.8, 4) is 22.2 Å². The first-order valence-electron chi connectivity index (χ1n) is 7.32. The van der Waals surface area contributed by atoms with Crippen molar-refractivity contribution in [1.82, 2.24) is 14.8 Å². The van der Waals surface area contributed by atoms with Crippen LogP contribution in [0.15, 0.2) is 35.7 Å². The Bertz CT molecular complexity index is 909. The maximum atomic E-state index is 12.5. The summed E-state index contributed by atoms with van der Waals surface area (Å²) < 4.78 is 12.5. The van der Waals surface area contributed by atoms with Crippen LogP contribution in [0.4, 0.5) is 5.69 Å². The number of ether oxygens (including phenoxy) is 2. The molecule has 7 nitrogen and oxygen atoms in total. The Morgan fingerprint density at radius 3 is 2.64 bits per heavy atom. The van der Waals surface area contributed by atoms with Crippen LogP contribution in [0.5, 0.6) is 11.5 Å². The quantitative estimate of drug-likeness (QED) is 0.645. The summed E-state index contributed by atoms with van der Waals surface area (Å²) in [5, 5.41) is 11.7. The Labute approximate surface area is 153 Å². The van der Waals surface area contributed by atoms with Crippen LogP contribution >= 0.6 is 23.6 Å². The number of H-pyrrole nitrogens is 1. The minimum atomic E-state index is -0.231. The fourth-order valence-corrected chi connectivity index (χ4v) is 3.20. The lowest BCUT2D eigenvalue weighted by molar-refractivity contribution is -0.116. The molecule has 0 aliphatic rings. The number of hydrogen-bond donors (Lipinski definition) is 2. The lowest BCUT2D eigenvalue weighted by Crippen LogP contribution is -2.19. The SMILES string of the molecule is COc1cc(NC(=O)Cn2c(-c3cccs3)n[nH]c2=S)cc(OC)c1. The first-order chi connectivity index (χ1) is 12.1. The number of nitrogens with zero attached hydrogens (tertiary/aromatic N) is 2. The fourth-order valence-electron chi connectivity index (χ4n) is 2.28. The molecule has 0 fully saturated rings. The van der Waals surface area contributed by atoms with Gasteiger partial charge >= 0.3 is 0 Å². The van der Waals surface area contributed by atoms with Crippen LogP contribution in [-0.2, 0) is 11.3 Å².